The van der Waals surface area contributed by atoms with Crippen molar-refractivity contribution in [2.45, 2.75) is 32.2 Å². The lowest BCUT2D eigenvalue weighted by atomic mass is 9.74. The van der Waals surface area contributed by atoms with E-state index in [0.29, 0.717) is 11.5 Å². The Morgan fingerprint density at radius 2 is 2.14 bits per heavy atom. The van der Waals surface area contributed by atoms with Gasteiger partial charge in [0.05, 0.1) is 39.2 Å². The van der Waals surface area contributed by atoms with Crippen molar-refractivity contribution in [2.24, 2.45) is 11.8 Å². The maximum Gasteiger partial charge on any atom is 0.337 e. The van der Waals surface area contributed by atoms with Gasteiger partial charge in [0.25, 0.3) is 0 Å². The number of hydrogen-bond donors (Lipinski definition) is 1. The van der Waals surface area contributed by atoms with Crippen molar-refractivity contribution < 1.29 is 19.0 Å². The van der Waals surface area contributed by atoms with E-state index in [-0.39, 0.29) is 17.9 Å². The van der Waals surface area contributed by atoms with Gasteiger partial charge in [0.15, 0.2) is 0 Å². The third-order valence-electron chi connectivity index (χ3n) is 6.67. The van der Waals surface area contributed by atoms with Gasteiger partial charge in [0.2, 0.25) is 0 Å². The van der Waals surface area contributed by atoms with E-state index in [0.717, 1.165) is 43.6 Å². The number of aromatic amines is 1. The molecule has 4 rings (SSSR count). The second kappa shape index (κ2) is 8.11. The zero-order valence-electron chi connectivity index (χ0n) is 17.7. The molecule has 29 heavy (non-hydrogen) atoms. The smallest absolute Gasteiger partial charge is 0.337 e. The van der Waals surface area contributed by atoms with Crippen LogP contribution < -0.4 is 4.74 Å². The fourth-order valence-electron chi connectivity index (χ4n) is 5.28. The minimum atomic E-state index is -0.293. The fourth-order valence-corrected chi connectivity index (χ4v) is 5.28. The third kappa shape index (κ3) is 3.29. The van der Waals surface area contributed by atoms with Crippen molar-refractivity contribution in [1.29, 1.82) is 0 Å². The van der Waals surface area contributed by atoms with Gasteiger partial charge in [0.1, 0.15) is 5.75 Å². The zero-order valence-corrected chi connectivity index (χ0v) is 17.7. The maximum atomic E-state index is 12.5. The van der Waals surface area contributed by atoms with Gasteiger partial charge in [-0.05, 0) is 42.4 Å². The topological polar surface area (TPSA) is 63.8 Å². The SMILES string of the molecule is CC[C@@H]1CN2CCc3c([nH]c4cccc(OC)c34)C2CC1/C(=C\OC)C(=O)OC. The molecule has 156 valence electrons. The van der Waals surface area contributed by atoms with E-state index in [2.05, 4.69) is 22.9 Å². The molecule has 0 aliphatic carbocycles. The molecule has 2 aliphatic heterocycles. The second-order valence-corrected chi connectivity index (χ2v) is 7.97. The average molecular weight is 399 g/mol. The van der Waals surface area contributed by atoms with Crippen LogP contribution in [0.25, 0.3) is 10.9 Å². The van der Waals surface area contributed by atoms with E-state index in [4.69, 9.17) is 14.2 Å². The van der Waals surface area contributed by atoms with Crippen molar-refractivity contribution >= 4 is 16.9 Å². The van der Waals surface area contributed by atoms with Gasteiger partial charge in [-0.1, -0.05) is 19.4 Å². The fraction of sp³-hybridized carbons (Fsp3) is 0.522. The van der Waals surface area contributed by atoms with Crippen molar-refractivity contribution in [3.8, 4) is 5.75 Å². The molecule has 0 spiro atoms. The van der Waals surface area contributed by atoms with Gasteiger partial charge in [-0.2, -0.15) is 0 Å². The number of nitrogens with zero attached hydrogens (tertiary/aromatic N) is 1. The molecule has 0 amide bonds. The first-order valence-corrected chi connectivity index (χ1v) is 10.4. The van der Waals surface area contributed by atoms with Crippen molar-refractivity contribution in [3.05, 3.63) is 41.3 Å². The average Bonchev–Trinajstić information content (AvgIpc) is 3.15. The van der Waals surface area contributed by atoms with E-state index in [9.17, 15) is 4.79 Å². The molecule has 3 atom stereocenters. The first-order valence-electron chi connectivity index (χ1n) is 10.4. The molecule has 6 heteroatoms. The number of carbonyl (C=O) groups excluding carboxylic acids is 1. The van der Waals surface area contributed by atoms with Crippen LogP contribution in [0.4, 0.5) is 0 Å². The van der Waals surface area contributed by atoms with Crippen molar-refractivity contribution in [1.82, 2.24) is 9.88 Å². The van der Waals surface area contributed by atoms with Crippen LogP contribution in [0.15, 0.2) is 30.0 Å². The number of esters is 1. The van der Waals surface area contributed by atoms with Crippen LogP contribution in [0, 0.1) is 11.8 Å². The highest BCUT2D eigenvalue weighted by molar-refractivity contribution is 5.91. The molecule has 0 bridgehead atoms. The normalized spacial score (nSPS) is 24.7. The Morgan fingerprint density at radius 1 is 1.31 bits per heavy atom. The summed E-state index contributed by atoms with van der Waals surface area (Å²) in [6, 6.07) is 6.40. The molecule has 2 unspecified atom stereocenters. The third-order valence-corrected chi connectivity index (χ3v) is 6.67. The summed E-state index contributed by atoms with van der Waals surface area (Å²) in [6.45, 7) is 4.19. The largest absolute Gasteiger partial charge is 0.504 e. The van der Waals surface area contributed by atoms with Crippen LogP contribution in [-0.4, -0.2) is 50.3 Å². The maximum absolute atomic E-state index is 12.5. The van der Waals surface area contributed by atoms with Gasteiger partial charge in [-0.25, -0.2) is 4.79 Å². The highest BCUT2D eigenvalue weighted by Crippen LogP contribution is 2.47. The van der Waals surface area contributed by atoms with Gasteiger partial charge < -0.3 is 19.2 Å². The molecule has 2 aromatic rings. The Labute approximate surface area is 171 Å². The van der Waals surface area contributed by atoms with Crippen molar-refractivity contribution in [3.63, 3.8) is 0 Å². The molecule has 1 aromatic carbocycles. The highest BCUT2D eigenvalue weighted by Gasteiger charge is 2.42. The molecule has 0 radical (unpaired) electrons. The Kier molecular flexibility index (Phi) is 5.54. The van der Waals surface area contributed by atoms with E-state index in [1.807, 2.05) is 12.1 Å². The van der Waals surface area contributed by atoms with Crippen LogP contribution in [0.2, 0.25) is 0 Å². The van der Waals surface area contributed by atoms with Gasteiger partial charge in [-0.3, -0.25) is 4.90 Å². The standard InChI is InChI=1S/C23H30N2O4/c1-5-14-12-25-10-9-15-21-18(7-6-8-20(21)28-3)24-22(15)19(25)11-16(14)17(13-27-2)23(26)29-4/h6-8,13-14,16,19,24H,5,9-12H2,1-4H3/b17-13+/t14-,16?,19?/m1/s1. The van der Waals surface area contributed by atoms with Crippen LogP contribution in [0.1, 0.15) is 37.1 Å². The lowest BCUT2D eigenvalue weighted by Crippen LogP contribution is -2.47. The summed E-state index contributed by atoms with van der Waals surface area (Å²) in [7, 11) is 4.75. The summed E-state index contributed by atoms with van der Waals surface area (Å²) in [5.41, 5.74) is 4.37. The summed E-state index contributed by atoms with van der Waals surface area (Å²) in [5.74, 6) is 1.12. The number of H-pyrrole nitrogens is 1. The number of rotatable bonds is 5. The number of hydrogen-bond acceptors (Lipinski definition) is 5. The van der Waals surface area contributed by atoms with Crippen LogP contribution in [-0.2, 0) is 20.7 Å². The Morgan fingerprint density at radius 3 is 2.83 bits per heavy atom. The quantitative estimate of drug-likeness (QED) is 0.471. The molecule has 2 aliphatic rings. The Hall–Kier alpha value is -2.47. The van der Waals surface area contributed by atoms with Crippen LogP contribution in [0.5, 0.6) is 5.75 Å². The summed E-state index contributed by atoms with van der Waals surface area (Å²) in [4.78, 5) is 18.7. The number of methoxy groups -OCH3 is 3. The number of benzene rings is 1. The predicted octanol–water partition coefficient (Wildman–Crippen LogP) is 3.83. The van der Waals surface area contributed by atoms with Crippen LogP contribution in [0.3, 0.4) is 0 Å². The number of aromatic nitrogens is 1. The molecule has 0 saturated carbocycles. The van der Waals surface area contributed by atoms with E-state index in [1.54, 1.807) is 20.5 Å². The minimum absolute atomic E-state index is 0.105. The zero-order chi connectivity index (χ0) is 20.5. The second-order valence-electron chi connectivity index (χ2n) is 7.97. The van der Waals surface area contributed by atoms with E-state index in [1.165, 1.54) is 23.8 Å². The summed E-state index contributed by atoms with van der Waals surface area (Å²) in [5, 5.41) is 1.19. The lowest BCUT2D eigenvalue weighted by Gasteiger charge is -2.46. The first kappa shape index (κ1) is 19.8. The number of carbonyl (C=O) groups is 1. The van der Waals surface area contributed by atoms with Gasteiger partial charge in [-0.15, -0.1) is 0 Å². The first-order chi connectivity index (χ1) is 14.1. The van der Waals surface area contributed by atoms with Gasteiger partial charge in [0, 0.05) is 29.7 Å². The van der Waals surface area contributed by atoms with Gasteiger partial charge >= 0.3 is 5.97 Å². The molecule has 1 aromatic heterocycles. The lowest BCUT2D eigenvalue weighted by molar-refractivity contribution is -0.137. The monoisotopic (exact) mass is 398 g/mol. The summed E-state index contributed by atoms with van der Waals surface area (Å²) >= 11 is 0. The summed E-state index contributed by atoms with van der Waals surface area (Å²) in [6.07, 6.45) is 4.46. The van der Waals surface area contributed by atoms with Crippen LogP contribution >= 0.6 is 0 Å². The molecule has 6 nitrogen and oxygen atoms in total. The number of ether oxygens (including phenoxy) is 3. The Balaban J connectivity index is 1.76. The number of fused-ring (bicyclic) bond motifs is 5. The Bertz CT molecular complexity index is 932. The molecular formula is C23H30N2O4. The molecule has 1 saturated heterocycles. The van der Waals surface area contributed by atoms with E-state index < -0.39 is 0 Å². The number of nitrogens with one attached hydrogen (secondary N) is 1. The minimum Gasteiger partial charge on any atom is -0.504 e. The highest BCUT2D eigenvalue weighted by atomic mass is 16.5. The number of piperidine rings is 1. The van der Waals surface area contributed by atoms with E-state index >= 15 is 0 Å². The predicted molar refractivity (Wildman–Crippen MR) is 112 cm³/mol. The molecule has 1 N–H and O–H groups in total. The summed E-state index contributed by atoms with van der Waals surface area (Å²) < 4.78 is 16.0. The molecular weight excluding hydrogens is 368 g/mol. The molecule has 1 fully saturated rings. The van der Waals surface area contributed by atoms with Crippen molar-refractivity contribution in [2.75, 3.05) is 34.4 Å². The molecule has 3 heterocycles.